The second-order valence-electron chi connectivity index (χ2n) is 7.12. The molecular weight excluding hydrogens is 355 g/mol. The number of benzene rings is 1. The summed E-state index contributed by atoms with van der Waals surface area (Å²) in [7, 11) is 0. The van der Waals surface area contributed by atoms with Crippen molar-refractivity contribution >= 4 is 11.3 Å². The third kappa shape index (κ3) is 2.28. The van der Waals surface area contributed by atoms with Crippen LogP contribution in [0.3, 0.4) is 0 Å². The lowest BCUT2D eigenvalue weighted by Gasteiger charge is -2.62. The summed E-state index contributed by atoms with van der Waals surface area (Å²) in [5.41, 5.74) is -0.329. The molecule has 3 aliphatic carbocycles. The van der Waals surface area contributed by atoms with Gasteiger partial charge in [-0.3, -0.25) is 9.59 Å². The first-order chi connectivity index (χ1) is 12.5. The summed E-state index contributed by atoms with van der Waals surface area (Å²) in [5, 5.41) is 9.46. The highest BCUT2D eigenvalue weighted by Crippen LogP contribution is 2.61. The fraction of sp³-hybridized carbons (Fsp3) is 0.333. The second kappa shape index (κ2) is 5.44. The van der Waals surface area contributed by atoms with Gasteiger partial charge in [-0.15, -0.1) is 10.2 Å². The Bertz CT molecular complexity index is 1100. The Morgan fingerprint density at radius 3 is 2.46 bits per heavy atom. The van der Waals surface area contributed by atoms with Crippen LogP contribution in [0.4, 0.5) is 4.39 Å². The Morgan fingerprint density at radius 2 is 1.81 bits per heavy atom. The number of hydrogen-bond acceptors (Lipinski definition) is 5. The molecule has 6 nitrogen and oxygen atoms in total. The van der Waals surface area contributed by atoms with Gasteiger partial charge in [0, 0.05) is 23.5 Å². The second-order valence-corrected chi connectivity index (χ2v) is 8.18. The zero-order valence-electron chi connectivity index (χ0n) is 13.8. The summed E-state index contributed by atoms with van der Waals surface area (Å²) in [5.74, 6) is 0.421. The molecule has 26 heavy (non-hydrogen) atoms. The van der Waals surface area contributed by atoms with Crippen molar-refractivity contribution in [1.82, 2.24) is 19.3 Å². The van der Waals surface area contributed by atoms with E-state index in [1.165, 1.54) is 28.0 Å². The van der Waals surface area contributed by atoms with Gasteiger partial charge in [0.2, 0.25) is 0 Å². The van der Waals surface area contributed by atoms with Gasteiger partial charge in [0.05, 0.1) is 6.54 Å². The third-order valence-corrected chi connectivity index (χ3v) is 6.40. The fourth-order valence-electron chi connectivity index (χ4n) is 3.91. The van der Waals surface area contributed by atoms with Crippen molar-refractivity contribution in [3.05, 3.63) is 68.2 Å². The summed E-state index contributed by atoms with van der Waals surface area (Å²) >= 11 is 1.32. The largest absolute Gasteiger partial charge is 0.316 e. The molecular formula is C18H15FN4O2S. The number of aromatic nitrogens is 4. The van der Waals surface area contributed by atoms with E-state index in [0.29, 0.717) is 10.0 Å². The molecule has 2 bridgehead atoms. The molecule has 0 N–H and O–H groups in total. The van der Waals surface area contributed by atoms with Crippen LogP contribution < -0.4 is 11.1 Å². The average Bonchev–Trinajstić information content (AvgIpc) is 3.01. The minimum Gasteiger partial charge on any atom is -0.303 e. The smallest absolute Gasteiger partial charge is 0.303 e. The van der Waals surface area contributed by atoms with Crippen LogP contribution in [-0.4, -0.2) is 19.3 Å². The highest BCUT2D eigenvalue weighted by molar-refractivity contribution is 7.14. The highest BCUT2D eigenvalue weighted by atomic mass is 32.1. The molecule has 0 radical (unpaired) electrons. The lowest BCUT2D eigenvalue weighted by atomic mass is 9.49. The van der Waals surface area contributed by atoms with Crippen molar-refractivity contribution in [3.63, 3.8) is 0 Å². The standard InChI is InChI=1S/C18H15FN4O2S/c19-13-3-1-12(2-4-13)15-21-20-14(26-15)10-22-5-6-23(17(25)16(22)24)18-7-11(8-18)9-18/h1-6,11H,7-10H2. The Morgan fingerprint density at radius 1 is 1.08 bits per heavy atom. The molecule has 0 atom stereocenters. The minimum absolute atomic E-state index is 0.0987. The maximum absolute atomic E-state index is 13.0. The van der Waals surface area contributed by atoms with Gasteiger partial charge >= 0.3 is 11.1 Å². The normalized spacial score (nSPS) is 23.3. The van der Waals surface area contributed by atoms with Crippen LogP contribution in [0.15, 0.2) is 46.2 Å². The van der Waals surface area contributed by atoms with E-state index < -0.39 is 11.1 Å². The molecule has 2 heterocycles. The monoisotopic (exact) mass is 370 g/mol. The van der Waals surface area contributed by atoms with Gasteiger partial charge in [-0.05, 0) is 49.4 Å². The maximum Gasteiger partial charge on any atom is 0.316 e. The van der Waals surface area contributed by atoms with Gasteiger partial charge in [0.15, 0.2) is 0 Å². The van der Waals surface area contributed by atoms with E-state index in [4.69, 9.17) is 0 Å². The zero-order valence-corrected chi connectivity index (χ0v) is 14.6. The predicted octanol–water partition coefficient (Wildman–Crippen LogP) is 2.22. The molecule has 132 valence electrons. The van der Waals surface area contributed by atoms with Crippen LogP contribution in [0.5, 0.6) is 0 Å². The van der Waals surface area contributed by atoms with E-state index >= 15 is 0 Å². The number of hydrogen-bond donors (Lipinski definition) is 0. The number of halogens is 1. The van der Waals surface area contributed by atoms with Crippen LogP contribution in [0.25, 0.3) is 10.6 Å². The Hall–Kier alpha value is -2.61. The molecule has 8 heteroatoms. The lowest BCUT2D eigenvalue weighted by Crippen LogP contribution is -2.64. The van der Waals surface area contributed by atoms with E-state index in [2.05, 4.69) is 10.2 Å². The SMILES string of the molecule is O=c1c(=O)n(C23CC(C2)C3)ccn1Cc1nnc(-c2ccc(F)cc2)s1. The van der Waals surface area contributed by atoms with Crippen molar-refractivity contribution in [1.29, 1.82) is 0 Å². The van der Waals surface area contributed by atoms with Crippen molar-refractivity contribution in [2.45, 2.75) is 31.3 Å². The Labute approximate surface area is 151 Å². The summed E-state index contributed by atoms with van der Waals surface area (Å²) in [6, 6.07) is 6.00. The first kappa shape index (κ1) is 15.6. The van der Waals surface area contributed by atoms with Crippen molar-refractivity contribution < 1.29 is 4.39 Å². The van der Waals surface area contributed by atoms with Crippen molar-refractivity contribution in [2.24, 2.45) is 5.92 Å². The molecule has 3 saturated carbocycles. The predicted molar refractivity (Wildman–Crippen MR) is 94.7 cm³/mol. The molecule has 3 aromatic rings. The van der Waals surface area contributed by atoms with E-state index in [1.807, 2.05) is 0 Å². The quantitative estimate of drug-likeness (QED) is 0.661. The Balaban J connectivity index is 1.42. The minimum atomic E-state index is -0.532. The molecule has 2 aromatic heterocycles. The molecule has 0 aliphatic heterocycles. The van der Waals surface area contributed by atoms with Crippen molar-refractivity contribution in [2.75, 3.05) is 0 Å². The summed E-state index contributed by atoms with van der Waals surface area (Å²) < 4.78 is 16.0. The highest BCUT2D eigenvalue weighted by Gasteiger charge is 2.58. The van der Waals surface area contributed by atoms with Gasteiger partial charge in [-0.1, -0.05) is 11.3 Å². The lowest BCUT2D eigenvalue weighted by molar-refractivity contribution is -0.0919. The number of nitrogens with zero attached hydrogens (tertiary/aromatic N) is 4. The van der Waals surface area contributed by atoms with Crippen molar-refractivity contribution in [3.8, 4) is 10.6 Å². The van der Waals surface area contributed by atoms with Crippen LogP contribution in [0.1, 0.15) is 24.3 Å². The summed E-state index contributed by atoms with van der Waals surface area (Å²) in [4.78, 5) is 24.9. The van der Waals surface area contributed by atoms with Gasteiger partial charge in [-0.2, -0.15) is 0 Å². The fourth-order valence-corrected chi connectivity index (χ4v) is 4.75. The van der Waals surface area contributed by atoms with E-state index in [0.717, 1.165) is 30.7 Å². The molecule has 0 amide bonds. The molecule has 6 rings (SSSR count). The molecule has 3 fully saturated rings. The Kier molecular flexibility index (Phi) is 3.27. The summed E-state index contributed by atoms with van der Waals surface area (Å²) in [6.45, 7) is 0.198. The average molecular weight is 370 g/mol. The number of rotatable bonds is 4. The van der Waals surface area contributed by atoms with Gasteiger partial charge in [-0.25, -0.2) is 4.39 Å². The first-order valence-electron chi connectivity index (χ1n) is 8.45. The van der Waals surface area contributed by atoms with Gasteiger partial charge in [0.25, 0.3) is 0 Å². The third-order valence-electron chi connectivity index (χ3n) is 5.44. The maximum atomic E-state index is 13.0. The zero-order chi connectivity index (χ0) is 17.9. The van der Waals surface area contributed by atoms with E-state index in [-0.39, 0.29) is 17.9 Å². The topological polar surface area (TPSA) is 69.8 Å². The van der Waals surface area contributed by atoms with Crippen LogP contribution in [0, 0.1) is 11.7 Å². The van der Waals surface area contributed by atoms with E-state index in [1.54, 1.807) is 29.1 Å². The summed E-state index contributed by atoms with van der Waals surface area (Å²) in [6.07, 6.45) is 6.40. The van der Waals surface area contributed by atoms with Gasteiger partial charge < -0.3 is 9.13 Å². The molecule has 0 spiro atoms. The van der Waals surface area contributed by atoms with Crippen LogP contribution >= 0.6 is 11.3 Å². The van der Waals surface area contributed by atoms with Gasteiger partial charge in [0.1, 0.15) is 15.8 Å². The molecule has 0 unspecified atom stereocenters. The van der Waals surface area contributed by atoms with Crippen LogP contribution in [0.2, 0.25) is 0 Å². The first-order valence-corrected chi connectivity index (χ1v) is 9.27. The molecule has 0 saturated heterocycles. The van der Waals surface area contributed by atoms with E-state index in [9.17, 15) is 14.0 Å². The molecule has 3 aliphatic rings. The van der Waals surface area contributed by atoms with Crippen LogP contribution in [-0.2, 0) is 12.1 Å². The molecule has 1 aromatic carbocycles.